The van der Waals surface area contributed by atoms with Gasteiger partial charge in [0.15, 0.2) is 0 Å². The molecule has 2 nitrogen and oxygen atoms in total. The third-order valence-electron chi connectivity index (χ3n) is 2.92. The van der Waals surface area contributed by atoms with Crippen molar-refractivity contribution < 1.29 is 0 Å². The largest absolute Gasteiger partial charge is 0.342 e. The van der Waals surface area contributed by atoms with Crippen LogP contribution >= 0.6 is 0 Å². The van der Waals surface area contributed by atoms with Gasteiger partial charge in [0.2, 0.25) is 0 Å². The van der Waals surface area contributed by atoms with Crippen molar-refractivity contribution in [3.8, 4) is 0 Å². The Morgan fingerprint density at radius 1 is 1.00 bits per heavy atom. The molecule has 0 aliphatic carbocycles. The lowest BCUT2D eigenvalue weighted by Gasteiger charge is -2.01. The summed E-state index contributed by atoms with van der Waals surface area (Å²) in [4.78, 5) is 7.70. The summed E-state index contributed by atoms with van der Waals surface area (Å²) in [6, 6.07) is 16.9. The van der Waals surface area contributed by atoms with Gasteiger partial charge in [0.1, 0.15) is 5.82 Å². The number of hydrogen-bond acceptors (Lipinski definition) is 1. The smallest absolute Gasteiger partial charge is 0.104 e. The molecule has 0 aliphatic rings. The molecule has 1 heterocycles. The average Bonchev–Trinajstić information content (AvgIpc) is 2.70. The summed E-state index contributed by atoms with van der Waals surface area (Å²) in [5, 5.41) is 0. The van der Waals surface area contributed by atoms with Crippen LogP contribution in [0.5, 0.6) is 0 Å². The quantitative estimate of drug-likeness (QED) is 0.706. The number of hydrogen-bond donors (Lipinski definition) is 1. The van der Waals surface area contributed by atoms with Crippen LogP contribution in [0.25, 0.3) is 11.0 Å². The van der Waals surface area contributed by atoms with Crippen LogP contribution in [-0.2, 0) is 6.42 Å². The molecule has 2 aromatic carbocycles. The van der Waals surface area contributed by atoms with E-state index in [9.17, 15) is 0 Å². The molecule has 0 spiro atoms. The second kappa shape index (κ2) is 4.06. The zero-order valence-electron chi connectivity index (χ0n) is 9.77. The SMILES string of the molecule is Cc1nc2cc(Cc3ccccc3)ccc2[nH]1. The van der Waals surface area contributed by atoms with Crippen molar-refractivity contribution in [3.63, 3.8) is 0 Å². The Morgan fingerprint density at radius 3 is 2.65 bits per heavy atom. The minimum Gasteiger partial charge on any atom is -0.342 e. The Kier molecular flexibility index (Phi) is 2.41. The van der Waals surface area contributed by atoms with E-state index in [1.165, 1.54) is 11.1 Å². The molecule has 1 aromatic heterocycles. The van der Waals surface area contributed by atoms with Crippen molar-refractivity contribution in [2.75, 3.05) is 0 Å². The molecule has 0 fully saturated rings. The molecule has 0 unspecified atom stereocenters. The standard InChI is InChI=1S/C15H14N2/c1-11-16-14-8-7-13(10-15(14)17-11)9-12-5-3-2-4-6-12/h2-8,10H,9H2,1H3,(H,16,17). The third kappa shape index (κ3) is 2.07. The number of H-pyrrole nitrogens is 1. The van der Waals surface area contributed by atoms with Gasteiger partial charge in [0.05, 0.1) is 11.0 Å². The molecule has 17 heavy (non-hydrogen) atoms. The van der Waals surface area contributed by atoms with Gasteiger partial charge in [0, 0.05) is 0 Å². The zero-order valence-corrected chi connectivity index (χ0v) is 9.77. The molecular formula is C15H14N2. The first-order chi connectivity index (χ1) is 8.31. The number of benzene rings is 2. The summed E-state index contributed by atoms with van der Waals surface area (Å²) in [5.74, 6) is 0.969. The number of aromatic amines is 1. The molecule has 0 saturated heterocycles. The van der Waals surface area contributed by atoms with Gasteiger partial charge in [-0.25, -0.2) is 4.98 Å². The lowest BCUT2D eigenvalue weighted by atomic mass is 10.0. The summed E-state index contributed by atoms with van der Waals surface area (Å²) < 4.78 is 0. The van der Waals surface area contributed by atoms with E-state index in [1.54, 1.807) is 0 Å². The molecule has 2 heteroatoms. The van der Waals surface area contributed by atoms with Gasteiger partial charge in [-0.05, 0) is 36.6 Å². The normalized spacial score (nSPS) is 10.9. The van der Waals surface area contributed by atoms with Gasteiger partial charge < -0.3 is 4.98 Å². The minimum atomic E-state index is 0.961. The second-order valence-corrected chi connectivity index (χ2v) is 4.34. The number of imidazole rings is 1. The fraction of sp³-hybridized carbons (Fsp3) is 0.133. The lowest BCUT2D eigenvalue weighted by Crippen LogP contribution is -1.87. The topological polar surface area (TPSA) is 28.7 Å². The average molecular weight is 222 g/mol. The third-order valence-corrected chi connectivity index (χ3v) is 2.92. The minimum absolute atomic E-state index is 0.961. The van der Waals surface area contributed by atoms with E-state index in [-0.39, 0.29) is 0 Å². The maximum absolute atomic E-state index is 4.46. The van der Waals surface area contributed by atoms with Crippen molar-refractivity contribution in [3.05, 3.63) is 65.5 Å². The highest BCUT2D eigenvalue weighted by Gasteiger charge is 2.01. The number of rotatable bonds is 2. The van der Waals surface area contributed by atoms with Crippen molar-refractivity contribution >= 4 is 11.0 Å². The zero-order chi connectivity index (χ0) is 11.7. The van der Waals surface area contributed by atoms with Crippen LogP contribution in [0.3, 0.4) is 0 Å². The van der Waals surface area contributed by atoms with Crippen molar-refractivity contribution in [1.29, 1.82) is 0 Å². The summed E-state index contributed by atoms with van der Waals surface area (Å²) in [6.45, 7) is 1.98. The van der Waals surface area contributed by atoms with E-state index in [1.807, 2.05) is 13.0 Å². The van der Waals surface area contributed by atoms with E-state index in [2.05, 4.69) is 52.4 Å². The summed E-state index contributed by atoms with van der Waals surface area (Å²) in [6.07, 6.45) is 0.961. The highest BCUT2D eigenvalue weighted by Crippen LogP contribution is 2.16. The van der Waals surface area contributed by atoms with Crippen LogP contribution in [0.1, 0.15) is 17.0 Å². The van der Waals surface area contributed by atoms with E-state index in [4.69, 9.17) is 0 Å². The van der Waals surface area contributed by atoms with E-state index in [0.29, 0.717) is 0 Å². The van der Waals surface area contributed by atoms with Gasteiger partial charge in [-0.1, -0.05) is 36.4 Å². The first-order valence-corrected chi connectivity index (χ1v) is 5.80. The Bertz CT molecular complexity index is 638. The number of nitrogens with zero attached hydrogens (tertiary/aromatic N) is 1. The number of aromatic nitrogens is 2. The van der Waals surface area contributed by atoms with Crippen molar-refractivity contribution in [2.45, 2.75) is 13.3 Å². The van der Waals surface area contributed by atoms with Gasteiger partial charge in [-0.2, -0.15) is 0 Å². The van der Waals surface area contributed by atoms with Crippen molar-refractivity contribution in [1.82, 2.24) is 9.97 Å². The molecule has 0 atom stereocenters. The Labute approximate surface area is 100 Å². The van der Waals surface area contributed by atoms with E-state index >= 15 is 0 Å². The summed E-state index contributed by atoms with van der Waals surface area (Å²) in [7, 11) is 0. The predicted octanol–water partition coefficient (Wildman–Crippen LogP) is 3.46. The van der Waals surface area contributed by atoms with Gasteiger partial charge in [-0.3, -0.25) is 0 Å². The second-order valence-electron chi connectivity index (χ2n) is 4.34. The molecule has 0 aliphatic heterocycles. The number of aryl methyl sites for hydroxylation is 1. The predicted molar refractivity (Wildman–Crippen MR) is 70.1 cm³/mol. The first kappa shape index (κ1) is 10.1. The van der Waals surface area contributed by atoms with Crippen LogP contribution in [0.4, 0.5) is 0 Å². The van der Waals surface area contributed by atoms with Crippen LogP contribution in [0, 0.1) is 6.92 Å². The molecular weight excluding hydrogens is 208 g/mol. The van der Waals surface area contributed by atoms with Gasteiger partial charge >= 0.3 is 0 Å². The Hall–Kier alpha value is -2.09. The molecule has 3 rings (SSSR count). The van der Waals surface area contributed by atoms with Gasteiger partial charge in [-0.15, -0.1) is 0 Å². The maximum atomic E-state index is 4.46. The summed E-state index contributed by atoms with van der Waals surface area (Å²) >= 11 is 0. The number of nitrogens with one attached hydrogen (secondary N) is 1. The van der Waals surface area contributed by atoms with Gasteiger partial charge in [0.25, 0.3) is 0 Å². The van der Waals surface area contributed by atoms with Crippen molar-refractivity contribution in [2.24, 2.45) is 0 Å². The Morgan fingerprint density at radius 2 is 1.82 bits per heavy atom. The molecule has 3 aromatic rings. The highest BCUT2D eigenvalue weighted by atomic mass is 14.9. The van der Waals surface area contributed by atoms with Crippen LogP contribution < -0.4 is 0 Å². The fourth-order valence-electron chi connectivity index (χ4n) is 2.12. The van der Waals surface area contributed by atoms with Crippen LogP contribution in [0.2, 0.25) is 0 Å². The molecule has 84 valence electrons. The first-order valence-electron chi connectivity index (χ1n) is 5.80. The highest BCUT2D eigenvalue weighted by molar-refractivity contribution is 5.75. The van der Waals surface area contributed by atoms with Crippen LogP contribution in [0.15, 0.2) is 48.5 Å². The molecule has 1 N–H and O–H groups in total. The lowest BCUT2D eigenvalue weighted by molar-refractivity contribution is 1.17. The summed E-state index contributed by atoms with van der Waals surface area (Å²) in [5.41, 5.74) is 4.80. The molecule has 0 saturated carbocycles. The molecule has 0 radical (unpaired) electrons. The fourth-order valence-corrected chi connectivity index (χ4v) is 2.12. The van der Waals surface area contributed by atoms with E-state index < -0.39 is 0 Å². The molecule has 0 amide bonds. The molecule has 0 bridgehead atoms. The Balaban J connectivity index is 1.95. The van der Waals surface area contributed by atoms with Crippen LogP contribution in [-0.4, -0.2) is 9.97 Å². The maximum Gasteiger partial charge on any atom is 0.104 e. The monoisotopic (exact) mass is 222 g/mol. The van der Waals surface area contributed by atoms with E-state index in [0.717, 1.165) is 23.3 Å². The number of fused-ring (bicyclic) bond motifs is 1.